The summed E-state index contributed by atoms with van der Waals surface area (Å²) < 4.78 is 4.65. The molecule has 0 amide bonds. The standard InChI is InChI=1S/C9H18O4/c1-3-7(10)5-8(11)6-9(12)13-4-2/h7-8,10-11H,3-6H2,1-2H3/t7-,8+/m1/s1. The normalized spacial score (nSPS) is 15.1. The molecule has 0 spiro atoms. The Morgan fingerprint density at radius 2 is 1.92 bits per heavy atom. The van der Waals surface area contributed by atoms with Gasteiger partial charge >= 0.3 is 5.97 Å². The van der Waals surface area contributed by atoms with E-state index >= 15 is 0 Å². The lowest BCUT2D eigenvalue weighted by molar-refractivity contribution is -0.145. The van der Waals surface area contributed by atoms with Gasteiger partial charge in [0.1, 0.15) is 0 Å². The van der Waals surface area contributed by atoms with E-state index in [0.29, 0.717) is 13.0 Å². The van der Waals surface area contributed by atoms with Crippen molar-refractivity contribution in [1.29, 1.82) is 0 Å². The van der Waals surface area contributed by atoms with Crippen LogP contribution >= 0.6 is 0 Å². The Bertz CT molecular complexity index is 147. The Labute approximate surface area is 78.5 Å². The van der Waals surface area contributed by atoms with E-state index in [-0.39, 0.29) is 12.8 Å². The number of aliphatic hydroxyl groups excluding tert-OH is 2. The van der Waals surface area contributed by atoms with E-state index in [9.17, 15) is 9.90 Å². The fourth-order valence-electron chi connectivity index (χ4n) is 0.976. The second-order valence-corrected chi connectivity index (χ2v) is 2.96. The van der Waals surface area contributed by atoms with Gasteiger partial charge < -0.3 is 14.9 Å². The first-order valence-electron chi connectivity index (χ1n) is 4.61. The van der Waals surface area contributed by atoms with Crippen molar-refractivity contribution >= 4 is 5.97 Å². The van der Waals surface area contributed by atoms with Crippen LogP contribution in [0, 0.1) is 0 Å². The molecule has 0 rings (SSSR count). The lowest BCUT2D eigenvalue weighted by Crippen LogP contribution is -2.21. The van der Waals surface area contributed by atoms with Crippen molar-refractivity contribution in [2.24, 2.45) is 0 Å². The molecule has 0 aromatic carbocycles. The maximum absolute atomic E-state index is 10.9. The van der Waals surface area contributed by atoms with Gasteiger partial charge in [0.15, 0.2) is 0 Å². The number of carbonyl (C=O) groups excluding carboxylic acids is 1. The summed E-state index contributed by atoms with van der Waals surface area (Å²) in [4.78, 5) is 10.9. The van der Waals surface area contributed by atoms with Crippen LogP contribution in [0.1, 0.15) is 33.1 Å². The SMILES string of the molecule is CCOC(=O)C[C@@H](O)C[C@H](O)CC. The summed E-state index contributed by atoms with van der Waals surface area (Å²) in [5.41, 5.74) is 0. The zero-order valence-corrected chi connectivity index (χ0v) is 8.19. The molecule has 0 saturated carbocycles. The zero-order chi connectivity index (χ0) is 10.3. The van der Waals surface area contributed by atoms with Crippen molar-refractivity contribution in [1.82, 2.24) is 0 Å². The molecule has 0 aromatic heterocycles. The minimum Gasteiger partial charge on any atom is -0.466 e. The Balaban J connectivity index is 3.60. The first kappa shape index (κ1) is 12.4. The summed E-state index contributed by atoms with van der Waals surface area (Å²) in [5.74, 6) is -0.418. The zero-order valence-electron chi connectivity index (χ0n) is 8.19. The van der Waals surface area contributed by atoms with Crippen molar-refractivity contribution in [3.05, 3.63) is 0 Å². The Morgan fingerprint density at radius 3 is 2.38 bits per heavy atom. The van der Waals surface area contributed by atoms with Crippen molar-refractivity contribution < 1.29 is 19.7 Å². The molecule has 0 aromatic rings. The van der Waals surface area contributed by atoms with Gasteiger partial charge in [-0.2, -0.15) is 0 Å². The van der Waals surface area contributed by atoms with Crippen molar-refractivity contribution in [2.75, 3.05) is 6.61 Å². The molecule has 0 aliphatic rings. The van der Waals surface area contributed by atoms with Gasteiger partial charge in [-0.15, -0.1) is 0 Å². The van der Waals surface area contributed by atoms with E-state index in [0.717, 1.165) is 0 Å². The van der Waals surface area contributed by atoms with Crippen LogP contribution in [0.3, 0.4) is 0 Å². The maximum atomic E-state index is 10.9. The van der Waals surface area contributed by atoms with E-state index in [1.54, 1.807) is 6.92 Å². The molecule has 13 heavy (non-hydrogen) atoms. The molecule has 0 aliphatic carbocycles. The highest BCUT2D eigenvalue weighted by Gasteiger charge is 2.14. The van der Waals surface area contributed by atoms with Gasteiger partial charge in [-0.1, -0.05) is 6.92 Å². The minimum atomic E-state index is -0.797. The third kappa shape index (κ3) is 6.54. The smallest absolute Gasteiger partial charge is 0.308 e. The molecular weight excluding hydrogens is 172 g/mol. The summed E-state index contributed by atoms with van der Waals surface area (Å²) in [7, 11) is 0. The van der Waals surface area contributed by atoms with E-state index in [1.165, 1.54) is 0 Å². The summed E-state index contributed by atoms with van der Waals surface area (Å²) >= 11 is 0. The lowest BCUT2D eigenvalue weighted by Gasteiger charge is -2.13. The van der Waals surface area contributed by atoms with E-state index in [1.807, 2.05) is 6.92 Å². The van der Waals surface area contributed by atoms with Gasteiger partial charge in [0.25, 0.3) is 0 Å². The fraction of sp³-hybridized carbons (Fsp3) is 0.889. The lowest BCUT2D eigenvalue weighted by atomic mass is 10.1. The topological polar surface area (TPSA) is 66.8 Å². The highest BCUT2D eigenvalue weighted by molar-refractivity contribution is 5.69. The van der Waals surface area contributed by atoms with Crippen LogP contribution < -0.4 is 0 Å². The van der Waals surface area contributed by atoms with Crippen LogP contribution in [-0.2, 0) is 9.53 Å². The molecule has 4 heteroatoms. The quantitative estimate of drug-likeness (QED) is 0.597. The molecule has 0 fully saturated rings. The number of hydrogen-bond acceptors (Lipinski definition) is 4. The number of carbonyl (C=O) groups is 1. The molecule has 2 N–H and O–H groups in total. The molecule has 78 valence electrons. The van der Waals surface area contributed by atoms with Gasteiger partial charge in [-0.25, -0.2) is 0 Å². The second kappa shape index (κ2) is 6.86. The van der Waals surface area contributed by atoms with Crippen molar-refractivity contribution in [3.63, 3.8) is 0 Å². The summed E-state index contributed by atoms with van der Waals surface area (Å²) in [5, 5.41) is 18.4. The molecule has 0 radical (unpaired) electrons. The Kier molecular flexibility index (Phi) is 6.54. The molecule has 0 heterocycles. The number of esters is 1. The van der Waals surface area contributed by atoms with Gasteiger partial charge in [0, 0.05) is 0 Å². The van der Waals surface area contributed by atoms with Gasteiger partial charge in [-0.05, 0) is 19.8 Å². The maximum Gasteiger partial charge on any atom is 0.308 e. The van der Waals surface area contributed by atoms with Crippen LogP contribution in [0.25, 0.3) is 0 Å². The Morgan fingerprint density at radius 1 is 1.31 bits per heavy atom. The first-order chi connectivity index (χ1) is 6.10. The predicted molar refractivity (Wildman–Crippen MR) is 48.2 cm³/mol. The Hall–Kier alpha value is -0.610. The fourth-order valence-corrected chi connectivity index (χ4v) is 0.976. The van der Waals surface area contributed by atoms with Gasteiger partial charge in [-0.3, -0.25) is 4.79 Å². The van der Waals surface area contributed by atoms with Gasteiger partial charge in [0.05, 0.1) is 25.2 Å². The second-order valence-electron chi connectivity index (χ2n) is 2.96. The van der Waals surface area contributed by atoms with Crippen LogP contribution in [0.2, 0.25) is 0 Å². The van der Waals surface area contributed by atoms with Crippen LogP contribution in [0.15, 0.2) is 0 Å². The van der Waals surface area contributed by atoms with Crippen molar-refractivity contribution in [2.45, 2.75) is 45.3 Å². The first-order valence-corrected chi connectivity index (χ1v) is 4.61. The third-order valence-electron chi connectivity index (χ3n) is 1.72. The summed E-state index contributed by atoms with van der Waals surface area (Å²) in [6.45, 7) is 3.86. The summed E-state index contributed by atoms with van der Waals surface area (Å²) in [6.07, 6.45) is -0.557. The highest BCUT2D eigenvalue weighted by atomic mass is 16.5. The molecule has 0 unspecified atom stereocenters. The average Bonchev–Trinajstić information content (AvgIpc) is 2.04. The minimum absolute atomic E-state index is 0.0368. The van der Waals surface area contributed by atoms with Crippen LogP contribution in [0.4, 0.5) is 0 Å². The number of rotatable bonds is 6. The van der Waals surface area contributed by atoms with E-state index < -0.39 is 18.2 Å². The number of hydrogen-bond donors (Lipinski definition) is 2. The largest absolute Gasteiger partial charge is 0.466 e. The molecule has 4 nitrogen and oxygen atoms in total. The summed E-state index contributed by atoms with van der Waals surface area (Å²) in [6, 6.07) is 0. The molecule has 0 aliphatic heterocycles. The number of aliphatic hydroxyl groups is 2. The third-order valence-corrected chi connectivity index (χ3v) is 1.72. The average molecular weight is 190 g/mol. The molecule has 0 bridgehead atoms. The van der Waals surface area contributed by atoms with E-state index in [2.05, 4.69) is 4.74 Å². The van der Waals surface area contributed by atoms with Crippen LogP contribution in [0.5, 0.6) is 0 Å². The highest BCUT2D eigenvalue weighted by Crippen LogP contribution is 2.06. The molecular formula is C9H18O4. The van der Waals surface area contributed by atoms with Crippen molar-refractivity contribution in [3.8, 4) is 0 Å². The monoisotopic (exact) mass is 190 g/mol. The van der Waals surface area contributed by atoms with Gasteiger partial charge in [0.2, 0.25) is 0 Å². The molecule has 0 saturated heterocycles. The molecule has 2 atom stereocenters. The predicted octanol–water partition coefficient (Wildman–Crippen LogP) is 0.461. The van der Waals surface area contributed by atoms with Crippen LogP contribution in [-0.4, -0.2) is 35.0 Å². The number of ether oxygens (including phenoxy) is 1. The van der Waals surface area contributed by atoms with E-state index in [4.69, 9.17) is 5.11 Å².